The van der Waals surface area contributed by atoms with Gasteiger partial charge in [0.2, 0.25) is 0 Å². The van der Waals surface area contributed by atoms with Crippen LogP contribution in [0.2, 0.25) is 0 Å². The van der Waals surface area contributed by atoms with E-state index in [1.807, 2.05) is 24.3 Å². The smallest absolute Gasteiger partial charge is 0.298 e. The SMILES string of the molecule is Fc1ccc(C2CN(c3nc4ccccc4o3)CCO2)cc1. The normalized spacial score (nSPS) is 18.8. The minimum Gasteiger partial charge on any atom is -0.423 e. The number of nitrogens with zero attached hydrogens (tertiary/aromatic N) is 2. The molecular weight excluding hydrogens is 283 g/mol. The van der Waals surface area contributed by atoms with Crippen molar-refractivity contribution < 1.29 is 13.5 Å². The van der Waals surface area contributed by atoms with Gasteiger partial charge in [0.25, 0.3) is 6.01 Å². The van der Waals surface area contributed by atoms with Gasteiger partial charge in [-0.3, -0.25) is 0 Å². The summed E-state index contributed by atoms with van der Waals surface area (Å²) in [6, 6.07) is 14.7. The maximum atomic E-state index is 13.0. The van der Waals surface area contributed by atoms with E-state index in [1.165, 1.54) is 12.1 Å². The van der Waals surface area contributed by atoms with E-state index in [0.717, 1.165) is 23.2 Å². The molecule has 3 aromatic rings. The van der Waals surface area contributed by atoms with Gasteiger partial charge in [0.05, 0.1) is 13.2 Å². The van der Waals surface area contributed by atoms with E-state index >= 15 is 0 Å². The first-order chi connectivity index (χ1) is 10.8. The molecule has 4 nitrogen and oxygen atoms in total. The molecule has 2 heterocycles. The van der Waals surface area contributed by atoms with Crippen molar-refractivity contribution in [3.8, 4) is 0 Å². The quantitative estimate of drug-likeness (QED) is 0.725. The highest BCUT2D eigenvalue weighted by atomic mass is 19.1. The van der Waals surface area contributed by atoms with E-state index < -0.39 is 0 Å². The first-order valence-corrected chi connectivity index (χ1v) is 7.27. The molecule has 0 radical (unpaired) electrons. The van der Waals surface area contributed by atoms with Crippen LogP contribution in [-0.4, -0.2) is 24.7 Å². The molecule has 22 heavy (non-hydrogen) atoms. The molecule has 0 saturated carbocycles. The predicted molar refractivity (Wildman–Crippen MR) is 81.3 cm³/mol. The highest BCUT2D eigenvalue weighted by Gasteiger charge is 2.25. The van der Waals surface area contributed by atoms with E-state index in [0.29, 0.717) is 19.2 Å². The zero-order valence-corrected chi connectivity index (χ0v) is 11.9. The van der Waals surface area contributed by atoms with Crippen molar-refractivity contribution >= 4 is 17.1 Å². The number of rotatable bonds is 2. The average Bonchev–Trinajstić information content (AvgIpc) is 3.00. The number of oxazole rings is 1. The summed E-state index contributed by atoms with van der Waals surface area (Å²) < 4.78 is 24.6. The number of ether oxygens (including phenoxy) is 1. The molecule has 0 aliphatic carbocycles. The molecule has 1 saturated heterocycles. The van der Waals surface area contributed by atoms with Crippen molar-refractivity contribution in [2.45, 2.75) is 6.10 Å². The van der Waals surface area contributed by atoms with Gasteiger partial charge in [0, 0.05) is 6.54 Å². The van der Waals surface area contributed by atoms with Gasteiger partial charge in [0.1, 0.15) is 17.4 Å². The van der Waals surface area contributed by atoms with Gasteiger partial charge in [-0.2, -0.15) is 4.98 Å². The molecule has 5 heteroatoms. The zero-order valence-electron chi connectivity index (χ0n) is 11.9. The lowest BCUT2D eigenvalue weighted by molar-refractivity contribution is 0.0381. The molecule has 2 aromatic carbocycles. The molecule has 0 N–H and O–H groups in total. The maximum absolute atomic E-state index is 13.0. The lowest BCUT2D eigenvalue weighted by Crippen LogP contribution is -2.38. The Balaban J connectivity index is 1.58. The van der Waals surface area contributed by atoms with E-state index in [2.05, 4.69) is 9.88 Å². The zero-order chi connectivity index (χ0) is 14.9. The molecule has 0 spiro atoms. The van der Waals surface area contributed by atoms with Gasteiger partial charge in [-0.1, -0.05) is 24.3 Å². The minimum atomic E-state index is -0.240. The minimum absolute atomic E-state index is 0.107. The van der Waals surface area contributed by atoms with Crippen molar-refractivity contribution in [1.82, 2.24) is 4.98 Å². The number of aromatic nitrogens is 1. The van der Waals surface area contributed by atoms with Crippen LogP contribution in [0.1, 0.15) is 11.7 Å². The molecule has 1 fully saturated rings. The second-order valence-electron chi connectivity index (χ2n) is 5.32. The van der Waals surface area contributed by atoms with Crippen molar-refractivity contribution in [2.75, 3.05) is 24.6 Å². The maximum Gasteiger partial charge on any atom is 0.298 e. The highest BCUT2D eigenvalue weighted by molar-refractivity contribution is 5.74. The van der Waals surface area contributed by atoms with Crippen LogP contribution >= 0.6 is 0 Å². The third kappa shape index (κ3) is 2.44. The summed E-state index contributed by atoms with van der Waals surface area (Å²) in [5, 5.41) is 0. The van der Waals surface area contributed by atoms with Crippen LogP contribution in [0.25, 0.3) is 11.1 Å². The van der Waals surface area contributed by atoms with Gasteiger partial charge in [-0.15, -0.1) is 0 Å². The van der Waals surface area contributed by atoms with Gasteiger partial charge < -0.3 is 14.1 Å². The van der Waals surface area contributed by atoms with Crippen LogP contribution in [-0.2, 0) is 4.74 Å². The monoisotopic (exact) mass is 298 g/mol. The average molecular weight is 298 g/mol. The molecule has 1 aliphatic heterocycles. The fourth-order valence-electron chi connectivity index (χ4n) is 2.70. The van der Waals surface area contributed by atoms with Crippen LogP contribution in [0.4, 0.5) is 10.4 Å². The first kappa shape index (κ1) is 13.3. The Labute approximate surface area is 127 Å². The highest BCUT2D eigenvalue weighted by Crippen LogP contribution is 2.28. The van der Waals surface area contributed by atoms with E-state index in [9.17, 15) is 4.39 Å². The summed E-state index contributed by atoms with van der Waals surface area (Å²) in [5.41, 5.74) is 2.59. The molecule has 1 aliphatic rings. The Kier molecular flexibility index (Phi) is 3.27. The number of halogens is 1. The first-order valence-electron chi connectivity index (χ1n) is 7.27. The molecule has 1 aromatic heterocycles. The number of para-hydroxylation sites is 2. The lowest BCUT2D eigenvalue weighted by atomic mass is 10.1. The number of anilines is 1. The van der Waals surface area contributed by atoms with Gasteiger partial charge >= 0.3 is 0 Å². The van der Waals surface area contributed by atoms with Gasteiger partial charge in [-0.05, 0) is 29.8 Å². The Bertz CT molecular complexity index is 752. The standard InChI is InChI=1S/C17H15FN2O2/c18-13-7-5-12(6-8-13)16-11-20(9-10-21-16)17-19-14-3-1-2-4-15(14)22-17/h1-8,16H,9-11H2. The summed E-state index contributed by atoms with van der Waals surface area (Å²) in [6.45, 7) is 1.95. The summed E-state index contributed by atoms with van der Waals surface area (Å²) in [5.74, 6) is -0.240. The molecule has 4 rings (SSSR count). The number of morpholine rings is 1. The number of hydrogen-bond acceptors (Lipinski definition) is 4. The third-order valence-electron chi connectivity index (χ3n) is 3.86. The Morgan fingerprint density at radius 1 is 1.09 bits per heavy atom. The lowest BCUT2D eigenvalue weighted by Gasteiger charge is -2.32. The van der Waals surface area contributed by atoms with Crippen molar-refractivity contribution in [2.24, 2.45) is 0 Å². The molecular formula is C17H15FN2O2. The Hall–Kier alpha value is -2.40. The second kappa shape index (κ2) is 5.42. The van der Waals surface area contributed by atoms with Crippen LogP contribution in [0.5, 0.6) is 0 Å². The number of benzene rings is 2. The van der Waals surface area contributed by atoms with Gasteiger partial charge in [0.15, 0.2) is 5.58 Å². The van der Waals surface area contributed by atoms with E-state index in [1.54, 1.807) is 12.1 Å². The summed E-state index contributed by atoms with van der Waals surface area (Å²) in [7, 11) is 0. The summed E-state index contributed by atoms with van der Waals surface area (Å²) in [6.07, 6.45) is -0.107. The molecule has 0 amide bonds. The summed E-state index contributed by atoms with van der Waals surface area (Å²) >= 11 is 0. The second-order valence-corrected chi connectivity index (χ2v) is 5.32. The van der Waals surface area contributed by atoms with Crippen LogP contribution < -0.4 is 4.90 Å². The van der Waals surface area contributed by atoms with Crippen molar-refractivity contribution in [3.63, 3.8) is 0 Å². The predicted octanol–water partition coefficient (Wildman–Crippen LogP) is 3.54. The van der Waals surface area contributed by atoms with Crippen molar-refractivity contribution in [1.29, 1.82) is 0 Å². The number of fused-ring (bicyclic) bond motifs is 1. The van der Waals surface area contributed by atoms with Crippen molar-refractivity contribution in [3.05, 3.63) is 59.9 Å². The van der Waals surface area contributed by atoms with Crippen LogP contribution in [0, 0.1) is 5.82 Å². The third-order valence-corrected chi connectivity index (χ3v) is 3.86. The molecule has 1 atom stereocenters. The largest absolute Gasteiger partial charge is 0.423 e. The van der Waals surface area contributed by atoms with E-state index in [4.69, 9.17) is 9.15 Å². The molecule has 0 bridgehead atoms. The van der Waals surface area contributed by atoms with Crippen LogP contribution in [0.15, 0.2) is 52.9 Å². The number of hydrogen-bond donors (Lipinski definition) is 0. The Morgan fingerprint density at radius 3 is 2.73 bits per heavy atom. The fraction of sp³-hybridized carbons (Fsp3) is 0.235. The van der Waals surface area contributed by atoms with Crippen LogP contribution in [0.3, 0.4) is 0 Å². The molecule has 1 unspecified atom stereocenters. The topological polar surface area (TPSA) is 38.5 Å². The fourth-order valence-corrected chi connectivity index (χ4v) is 2.70. The Morgan fingerprint density at radius 2 is 1.91 bits per heavy atom. The van der Waals surface area contributed by atoms with Gasteiger partial charge in [-0.25, -0.2) is 4.39 Å². The summed E-state index contributed by atoms with van der Waals surface area (Å²) in [4.78, 5) is 6.59. The van der Waals surface area contributed by atoms with E-state index in [-0.39, 0.29) is 11.9 Å². The molecule has 112 valence electrons.